The number of benzene rings is 5. The Bertz CT molecular complexity index is 1830. The second-order valence-electron chi connectivity index (χ2n) is 10.3. The number of anilines is 1. The van der Waals surface area contributed by atoms with Crippen LogP contribution in [0.1, 0.15) is 16.7 Å². The lowest BCUT2D eigenvalue weighted by atomic mass is 10.2. The molecule has 0 aliphatic carbocycles. The van der Waals surface area contributed by atoms with Crippen LogP contribution >= 0.6 is 0 Å². The van der Waals surface area contributed by atoms with Gasteiger partial charge in [-0.25, -0.2) is 25.3 Å². The van der Waals surface area contributed by atoms with Crippen LogP contribution in [-0.2, 0) is 30.4 Å². The molecular formula is C33H40N4O9S3. The van der Waals surface area contributed by atoms with Crippen molar-refractivity contribution in [3.8, 4) is 0 Å². The van der Waals surface area contributed by atoms with Crippen molar-refractivity contribution in [2.75, 3.05) is 5.73 Å². The summed E-state index contributed by atoms with van der Waals surface area (Å²) in [4.78, 5) is -0.533. The zero-order valence-electron chi connectivity index (χ0n) is 27.1. The molecule has 5 aromatic carbocycles. The fourth-order valence-electron chi connectivity index (χ4n) is 3.21. The summed E-state index contributed by atoms with van der Waals surface area (Å²) in [6, 6.07) is 32.7. The number of para-hydroxylation sites is 1. The van der Waals surface area contributed by atoms with Crippen LogP contribution in [0.25, 0.3) is 0 Å². The Morgan fingerprint density at radius 3 is 0.796 bits per heavy atom. The predicted molar refractivity (Wildman–Crippen MR) is 182 cm³/mol. The van der Waals surface area contributed by atoms with Crippen LogP contribution in [0, 0.1) is 20.8 Å². The zero-order valence-corrected chi connectivity index (χ0v) is 29.6. The van der Waals surface area contributed by atoms with Crippen LogP contribution < -0.4 is 22.9 Å². The molecule has 0 heterocycles. The van der Waals surface area contributed by atoms with Crippen molar-refractivity contribution >= 4 is 53.1 Å². The van der Waals surface area contributed by atoms with E-state index in [1.807, 2.05) is 69.3 Å². The van der Waals surface area contributed by atoms with Crippen molar-refractivity contribution in [1.82, 2.24) is 0 Å². The first kappa shape index (κ1) is 42.5. The maximum Gasteiger partial charge on any atom is 0.189 e. The summed E-state index contributed by atoms with van der Waals surface area (Å²) < 4.78 is 93.5. The third-order valence-electron chi connectivity index (χ3n) is 6.10. The number of nitrogens with two attached hydrogens (primary N) is 1. The second kappa shape index (κ2) is 19.5. The molecule has 0 radical (unpaired) electrons. The average molecular weight is 733 g/mol. The first-order valence-corrected chi connectivity index (χ1v) is 18.3. The van der Waals surface area contributed by atoms with Gasteiger partial charge in [-0.15, -0.1) is 0 Å². The van der Waals surface area contributed by atoms with Gasteiger partial charge in [-0.3, -0.25) is 0 Å². The minimum atomic E-state index is -4.27. The topological polar surface area (TPSA) is 281 Å². The van der Waals surface area contributed by atoms with Gasteiger partial charge in [-0.2, -0.15) is 0 Å². The Labute approximate surface area is 287 Å². The van der Waals surface area contributed by atoms with E-state index in [0.717, 1.165) is 39.4 Å². The molecule has 5 aromatic rings. The van der Waals surface area contributed by atoms with Crippen molar-refractivity contribution in [2.45, 2.75) is 35.5 Å². The fourth-order valence-corrected chi connectivity index (χ4v) is 4.61. The Hall–Kier alpha value is -4.49. The molecule has 5 rings (SSSR count). The Balaban J connectivity index is 0.000000308. The molecule has 0 bridgehead atoms. The SMILES string of the molecule is Cc1ccc(S(=O)(=O)[O-])cc1.Cc1ccc(S(=O)(=O)[O-])cc1.Cc1ccc(S(=O)(=O)[O-])cc1.Nc1ccccc1[NH3+].[NH3+]c1ccccc1[NH3+]. The predicted octanol–water partition coefficient (Wildman–Crippen LogP) is 2.27. The molecular weight excluding hydrogens is 693 g/mol. The van der Waals surface area contributed by atoms with Crippen LogP contribution in [0.4, 0.5) is 22.7 Å². The van der Waals surface area contributed by atoms with Crippen LogP contribution in [0.5, 0.6) is 0 Å². The van der Waals surface area contributed by atoms with Crippen LogP contribution in [0.15, 0.2) is 136 Å². The molecule has 0 saturated heterocycles. The highest BCUT2D eigenvalue weighted by molar-refractivity contribution is 7.86. The van der Waals surface area contributed by atoms with Gasteiger partial charge >= 0.3 is 0 Å². The van der Waals surface area contributed by atoms with E-state index in [1.54, 1.807) is 36.4 Å². The zero-order chi connectivity index (χ0) is 37.4. The number of aryl methyl sites for hydroxylation is 3. The summed E-state index contributed by atoms with van der Waals surface area (Å²) >= 11 is 0. The van der Waals surface area contributed by atoms with Crippen LogP contribution in [0.2, 0.25) is 0 Å². The van der Waals surface area contributed by atoms with E-state index in [2.05, 4.69) is 17.2 Å². The van der Waals surface area contributed by atoms with Gasteiger partial charge in [0.2, 0.25) is 0 Å². The highest BCUT2D eigenvalue weighted by Gasteiger charge is 2.00. The number of nitrogen functional groups attached to an aromatic ring is 1. The Morgan fingerprint density at radius 1 is 0.408 bits per heavy atom. The van der Waals surface area contributed by atoms with E-state index in [1.165, 1.54) is 36.4 Å². The molecule has 264 valence electrons. The average Bonchev–Trinajstić information content (AvgIpc) is 3.01. The highest BCUT2D eigenvalue weighted by atomic mass is 32.2. The Morgan fingerprint density at radius 2 is 0.633 bits per heavy atom. The van der Waals surface area contributed by atoms with Gasteiger partial charge < -0.3 is 36.6 Å². The van der Waals surface area contributed by atoms with Gasteiger partial charge in [-0.05, 0) is 63.2 Å². The molecule has 0 aliphatic heterocycles. The standard InChI is InChI=1S/3C7H8O3S.2C6H8N2/c3*1-6-2-4-7(5-3-6)11(8,9)10;2*7-5-3-1-2-4-6(5)8/h3*2-5H,1H3,(H,8,9,10);2*1-4H,7-8H2. The van der Waals surface area contributed by atoms with Gasteiger partial charge in [0, 0.05) is 18.2 Å². The lowest BCUT2D eigenvalue weighted by molar-refractivity contribution is -0.299. The summed E-state index contributed by atoms with van der Waals surface area (Å²) in [7, 11) is -12.8. The second-order valence-corrected chi connectivity index (χ2v) is 14.4. The molecule has 0 aromatic heterocycles. The first-order chi connectivity index (χ1) is 22.6. The van der Waals surface area contributed by atoms with Crippen molar-refractivity contribution in [1.29, 1.82) is 0 Å². The van der Waals surface area contributed by atoms with E-state index in [-0.39, 0.29) is 14.7 Å². The molecule has 0 fully saturated rings. The van der Waals surface area contributed by atoms with E-state index in [4.69, 9.17) is 5.73 Å². The van der Waals surface area contributed by atoms with E-state index >= 15 is 0 Å². The van der Waals surface area contributed by atoms with Crippen molar-refractivity contribution in [3.63, 3.8) is 0 Å². The minimum Gasteiger partial charge on any atom is -0.744 e. The molecule has 0 amide bonds. The fraction of sp³-hybridized carbons (Fsp3) is 0.0909. The molecule has 13 nitrogen and oxygen atoms in total. The largest absolute Gasteiger partial charge is 0.744 e. The maximum atomic E-state index is 10.4. The van der Waals surface area contributed by atoms with Crippen molar-refractivity contribution in [2.24, 2.45) is 0 Å². The molecule has 0 aliphatic rings. The lowest BCUT2D eigenvalue weighted by Crippen LogP contribution is -2.49. The smallest absolute Gasteiger partial charge is 0.189 e. The van der Waals surface area contributed by atoms with Gasteiger partial charge in [-0.1, -0.05) is 77.4 Å². The monoisotopic (exact) mass is 732 g/mol. The maximum absolute atomic E-state index is 10.4. The van der Waals surface area contributed by atoms with E-state index in [0.29, 0.717) is 0 Å². The Kier molecular flexibility index (Phi) is 16.9. The van der Waals surface area contributed by atoms with E-state index < -0.39 is 30.4 Å². The number of hydrogen-bond donors (Lipinski definition) is 4. The summed E-state index contributed by atoms with van der Waals surface area (Å²) in [5.41, 5.74) is 23.1. The highest BCUT2D eigenvalue weighted by Crippen LogP contribution is 2.11. The van der Waals surface area contributed by atoms with Crippen LogP contribution in [0.3, 0.4) is 0 Å². The van der Waals surface area contributed by atoms with E-state index in [9.17, 15) is 38.9 Å². The molecule has 16 heteroatoms. The number of rotatable bonds is 3. The third-order valence-corrected chi connectivity index (χ3v) is 8.65. The number of quaternary nitrogens is 3. The third kappa shape index (κ3) is 17.5. The molecule has 49 heavy (non-hydrogen) atoms. The number of hydrogen-bond acceptors (Lipinski definition) is 10. The van der Waals surface area contributed by atoms with Gasteiger partial charge in [0.25, 0.3) is 0 Å². The summed E-state index contributed by atoms with van der Waals surface area (Å²) in [5.74, 6) is 0. The summed E-state index contributed by atoms with van der Waals surface area (Å²) in [6.07, 6.45) is 0. The molecule has 0 atom stereocenters. The summed E-state index contributed by atoms with van der Waals surface area (Å²) in [5, 5.41) is 0. The molecule has 0 spiro atoms. The van der Waals surface area contributed by atoms with Crippen molar-refractivity contribution in [3.05, 3.63) is 138 Å². The molecule has 0 saturated carbocycles. The lowest BCUT2D eigenvalue weighted by Gasteiger charge is -2.05. The molecule has 0 unspecified atom stereocenters. The first-order valence-electron chi connectivity index (χ1n) is 14.1. The normalized spacial score (nSPS) is 10.7. The minimum absolute atomic E-state index is 0.178. The van der Waals surface area contributed by atoms with Gasteiger partial charge in [0.05, 0.1) is 20.4 Å². The van der Waals surface area contributed by atoms with Gasteiger partial charge in [0.15, 0.2) is 17.1 Å². The quantitative estimate of drug-likeness (QED) is 0.155. The van der Waals surface area contributed by atoms with Crippen molar-refractivity contribution < 1.29 is 56.1 Å². The molecule has 11 N–H and O–H groups in total. The summed E-state index contributed by atoms with van der Waals surface area (Å²) in [6.45, 7) is 5.46. The van der Waals surface area contributed by atoms with Gasteiger partial charge in [0.1, 0.15) is 30.4 Å². The van der Waals surface area contributed by atoms with Crippen LogP contribution in [-0.4, -0.2) is 38.9 Å².